The van der Waals surface area contributed by atoms with Gasteiger partial charge in [0.05, 0.1) is 6.54 Å². The van der Waals surface area contributed by atoms with Gasteiger partial charge >= 0.3 is 0 Å². The van der Waals surface area contributed by atoms with Crippen molar-refractivity contribution in [3.8, 4) is 0 Å². The quantitative estimate of drug-likeness (QED) is 0.627. The molecule has 74 valence electrons. The number of carbonyl (C=O) groups is 1. The van der Waals surface area contributed by atoms with E-state index in [1.54, 1.807) is 19.0 Å². The van der Waals surface area contributed by atoms with Crippen LogP contribution in [-0.4, -0.2) is 50.1 Å². The Morgan fingerprint density at radius 1 is 1.77 bits per heavy atom. The summed E-state index contributed by atoms with van der Waals surface area (Å²) in [5.74, 6) is -0.0410. The van der Waals surface area contributed by atoms with Crippen LogP contribution < -0.4 is 5.32 Å². The fraction of sp³-hybridized carbons (Fsp3) is 0.750. The van der Waals surface area contributed by atoms with E-state index in [4.69, 9.17) is 4.74 Å². The normalized spacial score (nSPS) is 17.3. The van der Waals surface area contributed by atoms with Crippen molar-refractivity contribution in [2.24, 2.45) is 4.99 Å². The van der Waals surface area contributed by atoms with Crippen LogP contribution in [0.1, 0.15) is 6.92 Å². The number of ether oxygens (including phenoxy) is 1. The van der Waals surface area contributed by atoms with Crippen LogP contribution in [0.2, 0.25) is 0 Å². The molecule has 0 aliphatic carbocycles. The molecule has 0 bridgehead atoms. The van der Waals surface area contributed by atoms with Crippen LogP contribution in [-0.2, 0) is 9.53 Å². The van der Waals surface area contributed by atoms with E-state index in [0.29, 0.717) is 19.2 Å². The molecule has 1 aliphatic heterocycles. The van der Waals surface area contributed by atoms with E-state index < -0.39 is 0 Å². The Bertz CT molecular complexity index is 227. The lowest BCUT2D eigenvalue weighted by Crippen LogP contribution is -2.44. The Morgan fingerprint density at radius 3 is 2.92 bits per heavy atom. The molecule has 0 spiro atoms. The molecular formula is C8H15N3O2. The number of rotatable bonds is 2. The number of nitrogens with zero attached hydrogens (tertiary/aromatic N) is 2. The summed E-state index contributed by atoms with van der Waals surface area (Å²) in [6.07, 6.45) is 0. The molecule has 0 fully saturated rings. The average molecular weight is 185 g/mol. The van der Waals surface area contributed by atoms with Crippen molar-refractivity contribution in [2.45, 2.75) is 13.0 Å². The summed E-state index contributed by atoms with van der Waals surface area (Å²) in [7, 11) is 3.41. The monoisotopic (exact) mass is 185 g/mol. The summed E-state index contributed by atoms with van der Waals surface area (Å²) in [5.41, 5.74) is 0. The van der Waals surface area contributed by atoms with Gasteiger partial charge in [-0.1, -0.05) is 0 Å². The van der Waals surface area contributed by atoms with Crippen LogP contribution in [0.15, 0.2) is 4.99 Å². The SMILES string of the molecule is CNC(=O)C(C)N(C)C1=NCCO1. The van der Waals surface area contributed by atoms with Crippen LogP contribution in [0, 0.1) is 0 Å². The lowest BCUT2D eigenvalue weighted by atomic mass is 10.3. The summed E-state index contributed by atoms with van der Waals surface area (Å²) in [6, 6.07) is 0.304. The Morgan fingerprint density at radius 2 is 2.46 bits per heavy atom. The molecule has 1 aliphatic rings. The molecule has 0 saturated carbocycles. The van der Waals surface area contributed by atoms with E-state index in [9.17, 15) is 4.79 Å². The first kappa shape index (κ1) is 9.83. The maximum atomic E-state index is 11.2. The highest BCUT2D eigenvalue weighted by atomic mass is 16.5. The van der Waals surface area contributed by atoms with Gasteiger partial charge in [0.15, 0.2) is 0 Å². The van der Waals surface area contributed by atoms with Crippen LogP contribution in [0.3, 0.4) is 0 Å². The van der Waals surface area contributed by atoms with Gasteiger partial charge in [-0.05, 0) is 6.92 Å². The van der Waals surface area contributed by atoms with Crippen molar-refractivity contribution in [2.75, 3.05) is 27.2 Å². The lowest BCUT2D eigenvalue weighted by Gasteiger charge is -2.23. The number of amides is 1. The first-order valence-corrected chi connectivity index (χ1v) is 4.28. The highest BCUT2D eigenvalue weighted by molar-refractivity contribution is 5.86. The second kappa shape index (κ2) is 4.11. The third-order valence-corrected chi connectivity index (χ3v) is 2.08. The predicted octanol–water partition coefficient (Wildman–Crippen LogP) is -0.561. The van der Waals surface area contributed by atoms with Gasteiger partial charge in [0, 0.05) is 14.1 Å². The molecule has 0 radical (unpaired) electrons. The fourth-order valence-electron chi connectivity index (χ4n) is 1.09. The molecule has 0 aromatic rings. The zero-order chi connectivity index (χ0) is 9.84. The summed E-state index contributed by atoms with van der Waals surface area (Å²) < 4.78 is 5.23. The molecule has 1 unspecified atom stereocenters. The summed E-state index contributed by atoms with van der Waals surface area (Å²) >= 11 is 0. The average Bonchev–Trinajstić information content (AvgIpc) is 2.67. The van der Waals surface area contributed by atoms with Gasteiger partial charge in [0.25, 0.3) is 6.02 Å². The molecular weight excluding hydrogens is 170 g/mol. The van der Waals surface area contributed by atoms with E-state index in [1.165, 1.54) is 0 Å². The number of aliphatic imine (C=N–C) groups is 1. The number of nitrogens with one attached hydrogen (secondary N) is 1. The van der Waals surface area contributed by atoms with Crippen LogP contribution >= 0.6 is 0 Å². The second-order valence-electron chi connectivity index (χ2n) is 2.91. The number of hydrogen-bond acceptors (Lipinski definition) is 4. The number of amidine groups is 1. The van der Waals surface area contributed by atoms with Crippen LogP contribution in [0.25, 0.3) is 0 Å². The third-order valence-electron chi connectivity index (χ3n) is 2.08. The molecule has 5 nitrogen and oxygen atoms in total. The summed E-state index contributed by atoms with van der Waals surface area (Å²) in [5, 5.41) is 2.58. The number of hydrogen-bond donors (Lipinski definition) is 1. The smallest absolute Gasteiger partial charge is 0.287 e. The predicted molar refractivity (Wildman–Crippen MR) is 49.5 cm³/mol. The van der Waals surface area contributed by atoms with Gasteiger partial charge in [0.1, 0.15) is 12.6 Å². The minimum absolute atomic E-state index is 0.0410. The first-order chi connectivity index (χ1) is 6.16. The third kappa shape index (κ3) is 2.11. The summed E-state index contributed by atoms with van der Waals surface area (Å²) in [6.45, 7) is 3.10. The van der Waals surface area contributed by atoms with Gasteiger partial charge in [0.2, 0.25) is 5.91 Å². The topological polar surface area (TPSA) is 53.9 Å². The molecule has 1 atom stereocenters. The standard InChI is InChI=1S/C8H15N3O2/c1-6(7(12)9-2)11(3)8-10-4-5-13-8/h6H,4-5H2,1-3H3,(H,9,12). The zero-order valence-corrected chi connectivity index (χ0v) is 8.20. The largest absolute Gasteiger partial charge is 0.463 e. The minimum Gasteiger partial charge on any atom is -0.463 e. The minimum atomic E-state index is -0.248. The second-order valence-corrected chi connectivity index (χ2v) is 2.91. The molecule has 0 aromatic heterocycles. The fourth-order valence-corrected chi connectivity index (χ4v) is 1.09. The van der Waals surface area contributed by atoms with E-state index in [0.717, 1.165) is 0 Å². The molecule has 1 heterocycles. The zero-order valence-electron chi connectivity index (χ0n) is 8.20. The Kier molecular flexibility index (Phi) is 3.11. The van der Waals surface area contributed by atoms with E-state index in [-0.39, 0.29) is 11.9 Å². The molecule has 13 heavy (non-hydrogen) atoms. The van der Waals surface area contributed by atoms with Crippen molar-refractivity contribution in [3.63, 3.8) is 0 Å². The van der Waals surface area contributed by atoms with Gasteiger partial charge in [-0.25, -0.2) is 4.99 Å². The van der Waals surface area contributed by atoms with E-state index >= 15 is 0 Å². The number of carbonyl (C=O) groups excluding carboxylic acids is 1. The first-order valence-electron chi connectivity index (χ1n) is 4.28. The van der Waals surface area contributed by atoms with E-state index in [2.05, 4.69) is 10.3 Å². The van der Waals surface area contributed by atoms with Crippen LogP contribution in [0.4, 0.5) is 0 Å². The highest BCUT2D eigenvalue weighted by Crippen LogP contribution is 2.03. The molecule has 1 rings (SSSR count). The van der Waals surface area contributed by atoms with Gasteiger partial charge in [-0.15, -0.1) is 0 Å². The molecule has 5 heteroatoms. The molecule has 0 saturated heterocycles. The van der Waals surface area contributed by atoms with Gasteiger partial charge < -0.3 is 15.0 Å². The van der Waals surface area contributed by atoms with Crippen LogP contribution in [0.5, 0.6) is 0 Å². The highest BCUT2D eigenvalue weighted by Gasteiger charge is 2.22. The Hall–Kier alpha value is -1.26. The van der Waals surface area contributed by atoms with Crippen molar-refractivity contribution < 1.29 is 9.53 Å². The lowest BCUT2D eigenvalue weighted by molar-refractivity contribution is -0.124. The Balaban J connectivity index is 2.55. The van der Waals surface area contributed by atoms with Crippen molar-refractivity contribution in [1.29, 1.82) is 0 Å². The maximum absolute atomic E-state index is 11.2. The van der Waals surface area contributed by atoms with Crippen molar-refractivity contribution in [1.82, 2.24) is 10.2 Å². The van der Waals surface area contributed by atoms with Crippen molar-refractivity contribution >= 4 is 11.9 Å². The molecule has 0 aromatic carbocycles. The van der Waals surface area contributed by atoms with Gasteiger partial charge in [-0.3, -0.25) is 4.79 Å². The number of likely N-dealkylation sites (N-methyl/N-ethyl adjacent to an activating group) is 2. The molecule has 1 amide bonds. The van der Waals surface area contributed by atoms with Gasteiger partial charge in [-0.2, -0.15) is 0 Å². The van der Waals surface area contributed by atoms with E-state index in [1.807, 2.05) is 6.92 Å². The maximum Gasteiger partial charge on any atom is 0.287 e. The van der Waals surface area contributed by atoms with Crippen molar-refractivity contribution in [3.05, 3.63) is 0 Å². The Labute approximate surface area is 77.8 Å². The summed E-state index contributed by atoms with van der Waals surface area (Å²) in [4.78, 5) is 17.1. The molecule has 1 N–H and O–H groups in total.